The lowest BCUT2D eigenvalue weighted by atomic mass is 10.0. The zero-order chi connectivity index (χ0) is 16.7. The minimum absolute atomic E-state index is 0.524. The van der Waals surface area contributed by atoms with Crippen LogP contribution in [0.2, 0.25) is 0 Å². The van der Waals surface area contributed by atoms with Gasteiger partial charge in [-0.15, -0.1) is 0 Å². The van der Waals surface area contributed by atoms with Crippen molar-refractivity contribution in [2.75, 3.05) is 13.2 Å². The second-order valence-electron chi connectivity index (χ2n) is 4.75. The van der Waals surface area contributed by atoms with E-state index in [0.717, 1.165) is 0 Å². The lowest BCUT2D eigenvalue weighted by Gasteiger charge is -2.25. The summed E-state index contributed by atoms with van der Waals surface area (Å²) in [5.74, 6) is 0.0714. The van der Waals surface area contributed by atoms with Crippen molar-refractivity contribution in [3.63, 3.8) is 0 Å². The molecule has 0 bridgehead atoms. The van der Waals surface area contributed by atoms with Gasteiger partial charge in [0.25, 0.3) is 0 Å². The van der Waals surface area contributed by atoms with E-state index >= 15 is 0 Å². The molecular weight excluding hydrogens is 292 g/mol. The Morgan fingerprint density at radius 3 is 2.18 bits per heavy atom. The molecule has 0 spiro atoms. The smallest absolute Gasteiger partial charge is 0.139 e. The van der Waals surface area contributed by atoms with Crippen LogP contribution in [-0.2, 0) is 0 Å². The summed E-state index contributed by atoms with van der Waals surface area (Å²) >= 11 is 0. The van der Waals surface area contributed by atoms with E-state index in [9.17, 15) is 25.5 Å². The van der Waals surface area contributed by atoms with Crippen LogP contribution >= 0.6 is 0 Å². The first kappa shape index (κ1) is 18.4. The molecule has 4 unspecified atom stereocenters. The maximum Gasteiger partial charge on any atom is 0.139 e. The van der Waals surface area contributed by atoms with Gasteiger partial charge >= 0.3 is 0 Å². The van der Waals surface area contributed by atoms with E-state index in [0.29, 0.717) is 17.9 Å². The van der Waals surface area contributed by atoms with E-state index < -0.39 is 36.8 Å². The largest absolute Gasteiger partial charge is 0.509 e. The standard InChI is InChI=1S/C15H22O7/c1-2-22-10-5-3-9(4-6-10)7-11(17)13(19)15(21)14(20)12(18)8-16/h3-7,12-21H,2,8H2,1H3. The summed E-state index contributed by atoms with van der Waals surface area (Å²) in [6.07, 6.45) is -5.86. The highest BCUT2D eigenvalue weighted by Crippen LogP contribution is 2.17. The molecule has 1 aromatic carbocycles. The van der Waals surface area contributed by atoms with Gasteiger partial charge in [-0.2, -0.15) is 0 Å². The Morgan fingerprint density at radius 1 is 1.09 bits per heavy atom. The van der Waals surface area contributed by atoms with E-state index in [1.54, 1.807) is 24.3 Å². The molecule has 0 aromatic heterocycles. The molecule has 22 heavy (non-hydrogen) atoms. The van der Waals surface area contributed by atoms with Gasteiger partial charge in [-0.05, 0) is 30.7 Å². The van der Waals surface area contributed by atoms with E-state index in [1.807, 2.05) is 6.92 Å². The van der Waals surface area contributed by atoms with Crippen molar-refractivity contribution in [2.24, 2.45) is 0 Å². The molecule has 0 radical (unpaired) electrons. The van der Waals surface area contributed by atoms with Crippen LogP contribution in [0, 0.1) is 0 Å². The molecule has 7 heteroatoms. The van der Waals surface area contributed by atoms with Crippen LogP contribution in [0.1, 0.15) is 12.5 Å². The van der Waals surface area contributed by atoms with Crippen molar-refractivity contribution in [1.29, 1.82) is 0 Å². The predicted octanol–water partition coefficient (Wildman–Crippen LogP) is -0.580. The zero-order valence-corrected chi connectivity index (χ0v) is 12.2. The monoisotopic (exact) mass is 314 g/mol. The molecule has 0 fully saturated rings. The average Bonchev–Trinajstić information content (AvgIpc) is 2.53. The molecule has 6 N–H and O–H groups in total. The number of hydrogen-bond acceptors (Lipinski definition) is 7. The molecule has 0 heterocycles. The summed E-state index contributed by atoms with van der Waals surface area (Å²) in [6, 6.07) is 6.63. The lowest BCUT2D eigenvalue weighted by molar-refractivity contribution is -0.112. The molecule has 0 saturated carbocycles. The SMILES string of the molecule is CCOc1ccc(C=C(O)C(O)C(O)C(O)C(O)CO)cc1. The molecule has 0 aliphatic rings. The number of hydrogen-bond donors (Lipinski definition) is 6. The second-order valence-corrected chi connectivity index (χ2v) is 4.75. The van der Waals surface area contributed by atoms with Gasteiger partial charge in [0, 0.05) is 0 Å². The highest BCUT2D eigenvalue weighted by atomic mass is 16.5. The normalized spacial score (nSPS) is 17.6. The molecule has 7 nitrogen and oxygen atoms in total. The van der Waals surface area contributed by atoms with Gasteiger partial charge in [0.1, 0.15) is 35.9 Å². The minimum Gasteiger partial charge on any atom is -0.509 e. The van der Waals surface area contributed by atoms with Gasteiger partial charge in [0.05, 0.1) is 13.2 Å². The Balaban J connectivity index is 2.78. The van der Waals surface area contributed by atoms with Gasteiger partial charge in [0.15, 0.2) is 0 Å². The number of rotatable bonds is 8. The first-order valence-electron chi connectivity index (χ1n) is 6.87. The maximum absolute atomic E-state index is 9.78. The Kier molecular flexibility index (Phi) is 7.30. The fraction of sp³-hybridized carbons (Fsp3) is 0.467. The number of aliphatic hydroxyl groups excluding tert-OH is 6. The Morgan fingerprint density at radius 2 is 1.68 bits per heavy atom. The second kappa shape index (κ2) is 8.72. The van der Waals surface area contributed by atoms with Gasteiger partial charge in [-0.3, -0.25) is 0 Å². The third-order valence-corrected chi connectivity index (χ3v) is 3.06. The van der Waals surface area contributed by atoms with Gasteiger partial charge in [-0.25, -0.2) is 0 Å². The Bertz CT molecular complexity index is 471. The third kappa shape index (κ3) is 4.97. The van der Waals surface area contributed by atoms with E-state index in [4.69, 9.17) is 9.84 Å². The molecule has 1 aromatic rings. The van der Waals surface area contributed by atoms with Crippen LogP contribution in [0.3, 0.4) is 0 Å². The summed E-state index contributed by atoms with van der Waals surface area (Å²) in [7, 11) is 0. The molecule has 0 aliphatic carbocycles. The van der Waals surface area contributed by atoms with Crippen molar-refractivity contribution in [3.05, 3.63) is 35.6 Å². The quantitative estimate of drug-likeness (QED) is 0.354. The van der Waals surface area contributed by atoms with Gasteiger partial charge < -0.3 is 35.4 Å². The highest BCUT2D eigenvalue weighted by molar-refractivity contribution is 5.53. The zero-order valence-electron chi connectivity index (χ0n) is 12.2. The van der Waals surface area contributed by atoms with Crippen molar-refractivity contribution in [2.45, 2.75) is 31.3 Å². The molecule has 0 saturated heterocycles. The molecule has 124 valence electrons. The summed E-state index contributed by atoms with van der Waals surface area (Å²) in [4.78, 5) is 0. The van der Waals surface area contributed by atoms with Gasteiger partial charge in [-0.1, -0.05) is 12.1 Å². The van der Waals surface area contributed by atoms with Crippen LogP contribution in [0.5, 0.6) is 5.75 Å². The summed E-state index contributed by atoms with van der Waals surface area (Å²) < 4.78 is 5.26. The summed E-state index contributed by atoms with van der Waals surface area (Å²) in [6.45, 7) is 1.59. The van der Waals surface area contributed by atoms with E-state index in [1.165, 1.54) is 6.08 Å². The van der Waals surface area contributed by atoms with Crippen molar-refractivity contribution < 1.29 is 35.4 Å². The molecule has 1 rings (SSSR count). The molecular formula is C15H22O7. The summed E-state index contributed by atoms with van der Waals surface area (Å²) in [5.41, 5.74) is 0.546. The number of aliphatic hydroxyl groups is 6. The van der Waals surface area contributed by atoms with Crippen molar-refractivity contribution >= 4 is 6.08 Å². The fourth-order valence-electron chi connectivity index (χ4n) is 1.78. The molecule has 0 amide bonds. The Hall–Kier alpha value is -1.64. The topological polar surface area (TPSA) is 131 Å². The first-order valence-corrected chi connectivity index (χ1v) is 6.87. The maximum atomic E-state index is 9.78. The lowest BCUT2D eigenvalue weighted by Crippen LogP contribution is -2.46. The average molecular weight is 314 g/mol. The van der Waals surface area contributed by atoms with Crippen molar-refractivity contribution in [1.82, 2.24) is 0 Å². The van der Waals surface area contributed by atoms with Crippen LogP contribution in [0.25, 0.3) is 6.08 Å². The van der Waals surface area contributed by atoms with Crippen LogP contribution in [-0.4, -0.2) is 68.3 Å². The fourth-order valence-corrected chi connectivity index (χ4v) is 1.78. The van der Waals surface area contributed by atoms with Gasteiger partial charge in [0.2, 0.25) is 0 Å². The molecule has 4 atom stereocenters. The number of ether oxygens (including phenoxy) is 1. The minimum atomic E-state index is -1.85. The van der Waals surface area contributed by atoms with Crippen LogP contribution < -0.4 is 4.74 Å². The highest BCUT2D eigenvalue weighted by Gasteiger charge is 2.32. The Labute approximate surface area is 128 Å². The van der Waals surface area contributed by atoms with E-state index in [2.05, 4.69) is 0 Å². The summed E-state index contributed by atoms with van der Waals surface area (Å²) in [5, 5.41) is 56.6. The van der Waals surface area contributed by atoms with E-state index in [-0.39, 0.29) is 0 Å². The molecule has 0 aliphatic heterocycles. The van der Waals surface area contributed by atoms with Crippen LogP contribution in [0.15, 0.2) is 30.0 Å². The number of benzene rings is 1. The third-order valence-electron chi connectivity index (χ3n) is 3.06. The van der Waals surface area contributed by atoms with Crippen molar-refractivity contribution in [3.8, 4) is 5.75 Å². The predicted molar refractivity (Wildman–Crippen MR) is 79.3 cm³/mol. The first-order chi connectivity index (χ1) is 10.4. The van der Waals surface area contributed by atoms with Crippen LogP contribution in [0.4, 0.5) is 0 Å².